The highest BCUT2D eigenvalue weighted by atomic mass is 16.7. The zero-order valence-corrected chi connectivity index (χ0v) is 16.1. The smallest absolute Gasteiger partial charge is 0.493 e. The molecule has 2 aliphatic rings. The van der Waals surface area contributed by atoms with E-state index in [4.69, 9.17) is 23.5 Å². The van der Waals surface area contributed by atoms with E-state index in [0.717, 1.165) is 17.6 Å². The molecule has 0 bridgehead atoms. The van der Waals surface area contributed by atoms with Gasteiger partial charge in [-0.1, -0.05) is 12.1 Å². The monoisotopic (exact) mass is 348 g/mol. The van der Waals surface area contributed by atoms with Gasteiger partial charge in [-0.3, -0.25) is 0 Å². The van der Waals surface area contributed by atoms with Crippen molar-refractivity contribution in [2.24, 2.45) is 0 Å². The van der Waals surface area contributed by atoms with Crippen molar-refractivity contribution in [3.05, 3.63) is 24.3 Å². The Labute approximate surface area is 151 Å². The number of hydrogen-bond donors (Lipinski definition) is 0. The zero-order valence-electron chi connectivity index (χ0n) is 16.1. The summed E-state index contributed by atoms with van der Waals surface area (Å²) in [6, 6.07) is 7.90. The molecule has 2 heterocycles. The fraction of sp³-hybridized carbons (Fsp3) is 0.684. The highest BCUT2D eigenvalue weighted by Crippen LogP contribution is 2.36. The third-order valence-electron chi connectivity index (χ3n) is 5.18. The van der Waals surface area contributed by atoms with Crippen molar-refractivity contribution in [1.82, 2.24) is 0 Å². The molecule has 3 rings (SSSR count). The van der Waals surface area contributed by atoms with Crippen LogP contribution in [0.4, 0.5) is 0 Å². The standard InChI is InChI=1S/C19H29BO5/c1-17(2)18(3,4)25-20(24-17)14-7-9-15(10-8-14)21-12-11-16-13-22-19(5,6)23-16/h7-10,16H,11-13H2,1-6H3. The molecule has 2 aliphatic heterocycles. The van der Waals surface area contributed by atoms with Crippen LogP contribution < -0.4 is 10.2 Å². The van der Waals surface area contributed by atoms with Gasteiger partial charge in [0.15, 0.2) is 5.79 Å². The van der Waals surface area contributed by atoms with Crippen LogP contribution in [0.1, 0.15) is 48.0 Å². The lowest BCUT2D eigenvalue weighted by molar-refractivity contribution is -0.139. The van der Waals surface area contributed by atoms with Gasteiger partial charge in [0.2, 0.25) is 0 Å². The van der Waals surface area contributed by atoms with Crippen LogP contribution in [-0.2, 0) is 18.8 Å². The molecule has 0 saturated carbocycles. The summed E-state index contributed by atoms with van der Waals surface area (Å²) < 4.78 is 29.3. The molecule has 1 atom stereocenters. The van der Waals surface area contributed by atoms with Crippen LogP contribution in [0.2, 0.25) is 0 Å². The van der Waals surface area contributed by atoms with Crippen molar-refractivity contribution in [3.63, 3.8) is 0 Å². The van der Waals surface area contributed by atoms with E-state index >= 15 is 0 Å². The molecular formula is C19H29BO5. The van der Waals surface area contributed by atoms with Gasteiger partial charge in [-0.2, -0.15) is 0 Å². The molecule has 2 fully saturated rings. The predicted molar refractivity (Wildman–Crippen MR) is 97.2 cm³/mol. The third-order valence-corrected chi connectivity index (χ3v) is 5.18. The molecule has 5 nitrogen and oxygen atoms in total. The molecule has 0 spiro atoms. The van der Waals surface area contributed by atoms with E-state index in [1.807, 2.05) is 38.1 Å². The van der Waals surface area contributed by atoms with Gasteiger partial charge in [-0.05, 0) is 59.1 Å². The summed E-state index contributed by atoms with van der Waals surface area (Å²) in [5.41, 5.74) is 0.341. The molecule has 1 unspecified atom stereocenters. The Morgan fingerprint density at radius 3 is 2.12 bits per heavy atom. The van der Waals surface area contributed by atoms with Crippen molar-refractivity contribution in [2.75, 3.05) is 13.2 Å². The van der Waals surface area contributed by atoms with E-state index in [1.165, 1.54) is 0 Å². The van der Waals surface area contributed by atoms with E-state index in [2.05, 4.69) is 27.7 Å². The first-order valence-electron chi connectivity index (χ1n) is 8.98. The van der Waals surface area contributed by atoms with Crippen LogP contribution in [0.5, 0.6) is 5.75 Å². The van der Waals surface area contributed by atoms with E-state index < -0.39 is 5.79 Å². The Kier molecular flexibility index (Phi) is 4.92. The maximum Gasteiger partial charge on any atom is 0.494 e. The summed E-state index contributed by atoms with van der Waals surface area (Å²) in [4.78, 5) is 0. The second kappa shape index (κ2) is 6.58. The molecular weight excluding hydrogens is 319 g/mol. The molecule has 6 heteroatoms. The summed E-state index contributed by atoms with van der Waals surface area (Å²) in [5, 5.41) is 0. The fourth-order valence-electron chi connectivity index (χ4n) is 2.91. The lowest BCUT2D eigenvalue weighted by Crippen LogP contribution is -2.41. The van der Waals surface area contributed by atoms with Gasteiger partial charge in [0, 0.05) is 6.42 Å². The average Bonchev–Trinajstić information content (AvgIpc) is 2.96. The number of hydrogen-bond acceptors (Lipinski definition) is 5. The fourth-order valence-corrected chi connectivity index (χ4v) is 2.91. The molecule has 0 radical (unpaired) electrons. The SMILES string of the molecule is CC1(C)OCC(CCOc2ccc(B3OC(C)(C)C(C)(C)O3)cc2)O1. The Bertz CT molecular complexity index is 580. The Hall–Kier alpha value is -1.08. The van der Waals surface area contributed by atoms with Gasteiger partial charge in [0.25, 0.3) is 0 Å². The van der Waals surface area contributed by atoms with Crippen LogP contribution in [0.25, 0.3) is 0 Å². The molecule has 0 aromatic heterocycles. The van der Waals surface area contributed by atoms with Crippen molar-refractivity contribution in [3.8, 4) is 5.75 Å². The largest absolute Gasteiger partial charge is 0.494 e. The summed E-state index contributed by atoms with van der Waals surface area (Å²) in [7, 11) is -0.342. The quantitative estimate of drug-likeness (QED) is 0.766. The minimum absolute atomic E-state index is 0.0963. The molecule has 25 heavy (non-hydrogen) atoms. The summed E-state index contributed by atoms with van der Waals surface area (Å²) in [6.07, 6.45) is 0.904. The lowest BCUT2D eigenvalue weighted by Gasteiger charge is -2.32. The summed E-state index contributed by atoms with van der Waals surface area (Å²) >= 11 is 0. The lowest BCUT2D eigenvalue weighted by atomic mass is 9.79. The van der Waals surface area contributed by atoms with E-state index in [9.17, 15) is 0 Å². The maximum absolute atomic E-state index is 6.06. The number of ether oxygens (including phenoxy) is 3. The first-order chi connectivity index (χ1) is 11.6. The molecule has 0 aliphatic carbocycles. The Morgan fingerprint density at radius 2 is 1.60 bits per heavy atom. The second-order valence-corrected chi connectivity index (χ2v) is 8.25. The molecule has 0 amide bonds. The van der Waals surface area contributed by atoms with Gasteiger partial charge >= 0.3 is 7.12 Å². The maximum atomic E-state index is 6.06. The molecule has 1 aromatic rings. The van der Waals surface area contributed by atoms with E-state index in [0.29, 0.717) is 13.2 Å². The van der Waals surface area contributed by atoms with Crippen molar-refractivity contribution in [2.45, 2.75) is 71.1 Å². The first kappa shape index (κ1) is 18.7. The summed E-state index contributed by atoms with van der Waals surface area (Å²) in [6.45, 7) is 13.3. The average molecular weight is 348 g/mol. The molecule has 138 valence electrons. The van der Waals surface area contributed by atoms with Crippen LogP contribution in [0.3, 0.4) is 0 Å². The Balaban J connectivity index is 1.50. The van der Waals surface area contributed by atoms with Crippen LogP contribution >= 0.6 is 0 Å². The number of benzene rings is 1. The third kappa shape index (κ3) is 4.19. The minimum Gasteiger partial charge on any atom is -0.493 e. The first-order valence-corrected chi connectivity index (χ1v) is 8.98. The summed E-state index contributed by atoms with van der Waals surface area (Å²) in [5.74, 6) is 0.355. The van der Waals surface area contributed by atoms with Gasteiger partial charge in [-0.15, -0.1) is 0 Å². The highest BCUT2D eigenvalue weighted by molar-refractivity contribution is 6.62. The van der Waals surface area contributed by atoms with Crippen LogP contribution in [0.15, 0.2) is 24.3 Å². The van der Waals surface area contributed by atoms with Gasteiger partial charge in [0.1, 0.15) is 5.75 Å². The Morgan fingerprint density at radius 1 is 1.00 bits per heavy atom. The molecule has 0 N–H and O–H groups in total. The van der Waals surface area contributed by atoms with Gasteiger partial charge in [0.05, 0.1) is 30.5 Å². The topological polar surface area (TPSA) is 46.2 Å². The van der Waals surface area contributed by atoms with Crippen LogP contribution in [0, 0.1) is 0 Å². The van der Waals surface area contributed by atoms with Crippen molar-refractivity contribution >= 4 is 12.6 Å². The predicted octanol–water partition coefficient (Wildman–Crippen LogP) is 2.91. The highest BCUT2D eigenvalue weighted by Gasteiger charge is 2.51. The zero-order chi connectivity index (χ0) is 18.3. The second-order valence-electron chi connectivity index (χ2n) is 8.25. The molecule has 2 saturated heterocycles. The van der Waals surface area contributed by atoms with Gasteiger partial charge in [-0.25, -0.2) is 0 Å². The van der Waals surface area contributed by atoms with Crippen LogP contribution in [-0.4, -0.2) is 43.4 Å². The minimum atomic E-state index is -0.477. The van der Waals surface area contributed by atoms with Gasteiger partial charge < -0.3 is 23.5 Å². The molecule has 1 aromatic carbocycles. The van der Waals surface area contributed by atoms with Crippen molar-refractivity contribution < 1.29 is 23.5 Å². The number of rotatable bonds is 5. The van der Waals surface area contributed by atoms with E-state index in [1.54, 1.807) is 0 Å². The normalized spacial score (nSPS) is 26.8. The van der Waals surface area contributed by atoms with E-state index in [-0.39, 0.29) is 24.4 Å². The van der Waals surface area contributed by atoms with Crippen molar-refractivity contribution in [1.29, 1.82) is 0 Å².